The van der Waals surface area contributed by atoms with Gasteiger partial charge < -0.3 is 4.74 Å². The van der Waals surface area contributed by atoms with E-state index >= 15 is 0 Å². The highest BCUT2D eigenvalue weighted by Crippen LogP contribution is 2.35. The third-order valence-corrected chi connectivity index (χ3v) is 4.93. The van der Waals surface area contributed by atoms with E-state index in [4.69, 9.17) is 26.3 Å². The van der Waals surface area contributed by atoms with Crippen LogP contribution in [0.5, 0.6) is 5.75 Å². The molecule has 5 heteroatoms. The summed E-state index contributed by atoms with van der Waals surface area (Å²) in [5.41, 5.74) is 5.31. The molecule has 0 amide bonds. The zero-order chi connectivity index (χ0) is 20.5. The van der Waals surface area contributed by atoms with Crippen LogP contribution in [0.1, 0.15) is 18.1 Å². The smallest absolute Gasteiger partial charge is 0.308 e. The summed E-state index contributed by atoms with van der Waals surface area (Å²) in [6, 6.07) is 19.3. The third-order valence-electron chi connectivity index (χ3n) is 4.69. The molecule has 0 atom stereocenters. The second-order valence-electron chi connectivity index (χ2n) is 6.97. The molecule has 144 valence electrons. The van der Waals surface area contributed by atoms with Crippen LogP contribution in [0.15, 0.2) is 60.7 Å². The van der Waals surface area contributed by atoms with Crippen molar-refractivity contribution in [2.75, 3.05) is 0 Å². The van der Waals surface area contributed by atoms with E-state index in [1.54, 1.807) is 6.07 Å². The van der Waals surface area contributed by atoms with Crippen molar-refractivity contribution in [2.45, 2.75) is 20.8 Å². The van der Waals surface area contributed by atoms with E-state index in [0.29, 0.717) is 22.2 Å². The Balaban J connectivity index is 2.02. The Kier molecular flexibility index (Phi) is 5.03. The van der Waals surface area contributed by atoms with Gasteiger partial charge in [-0.1, -0.05) is 53.6 Å². The average molecular weight is 403 g/mol. The minimum absolute atomic E-state index is 0.386. The van der Waals surface area contributed by atoms with Gasteiger partial charge in [0.1, 0.15) is 5.75 Å². The summed E-state index contributed by atoms with van der Waals surface area (Å²) >= 11 is 6.25. The second kappa shape index (κ2) is 7.64. The van der Waals surface area contributed by atoms with Crippen molar-refractivity contribution in [1.29, 1.82) is 0 Å². The quantitative estimate of drug-likeness (QED) is 0.304. The van der Waals surface area contributed by atoms with Gasteiger partial charge in [0.2, 0.25) is 0 Å². The van der Waals surface area contributed by atoms with E-state index in [2.05, 4.69) is 0 Å². The van der Waals surface area contributed by atoms with Crippen molar-refractivity contribution < 1.29 is 9.53 Å². The van der Waals surface area contributed by atoms with Crippen molar-refractivity contribution in [3.8, 4) is 28.4 Å². The van der Waals surface area contributed by atoms with E-state index in [0.717, 1.165) is 27.7 Å². The van der Waals surface area contributed by atoms with Crippen LogP contribution in [0.2, 0.25) is 5.02 Å². The monoisotopic (exact) mass is 402 g/mol. The molecule has 4 rings (SSSR count). The highest BCUT2D eigenvalue weighted by molar-refractivity contribution is 6.31. The molecule has 4 aromatic rings. The van der Waals surface area contributed by atoms with Crippen molar-refractivity contribution in [3.05, 3.63) is 76.8 Å². The zero-order valence-electron chi connectivity index (χ0n) is 16.4. The minimum Gasteiger partial charge on any atom is -0.426 e. The largest absolute Gasteiger partial charge is 0.426 e. The maximum Gasteiger partial charge on any atom is 0.308 e. The third kappa shape index (κ3) is 3.84. The van der Waals surface area contributed by atoms with Crippen LogP contribution >= 0.6 is 11.6 Å². The summed E-state index contributed by atoms with van der Waals surface area (Å²) in [7, 11) is 0. The normalized spacial score (nSPS) is 10.9. The number of esters is 1. The fraction of sp³-hybridized carbons (Fsp3) is 0.125. The summed E-state index contributed by atoms with van der Waals surface area (Å²) in [5.74, 6) is 0.564. The Bertz CT molecular complexity index is 1230. The van der Waals surface area contributed by atoms with Gasteiger partial charge in [0.25, 0.3) is 0 Å². The van der Waals surface area contributed by atoms with Gasteiger partial charge in [-0.05, 0) is 43.7 Å². The first-order valence-corrected chi connectivity index (χ1v) is 9.63. The topological polar surface area (TPSA) is 52.1 Å². The number of benzene rings is 3. The predicted molar refractivity (Wildman–Crippen MR) is 116 cm³/mol. The van der Waals surface area contributed by atoms with Gasteiger partial charge in [-0.3, -0.25) is 4.79 Å². The maximum absolute atomic E-state index is 11.6. The van der Waals surface area contributed by atoms with Crippen LogP contribution in [-0.2, 0) is 4.79 Å². The first-order chi connectivity index (χ1) is 13.9. The van der Waals surface area contributed by atoms with Gasteiger partial charge in [0, 0.05) is 22.9 Å². The lowest BCUT2D eigenvalue weighted by Gasteiger charge is -2.14. The molecule has 4 nitrogen and oxygen atoms in total. The van der Waals surface area contributed by atoms with E-state index < -0.39 is 0 Å². The van der Waals surface area contributed by atoms with Crippen LogP contribution < -0.4 is 4.74 Å². The molecule has 0 aliphatic heterocycles. The number of hydrogen-bond acceptors (Lipinski definition) is 4. The van der Waals surface area contributed by atoms with E-state index in [1.807, 2.05) is 68.4 Å². The Labute approximate surface area is 174 Å². The number of aromatic nitrogens is 2. The summed E-state index contributed by atoms with van der Waals surface area (Å²) in [6.45, 7) is 5.37. The lowest BCUT2D eigenvalue weighted by atomic mass is 10.0. The average Bonchev–Trinajstić information content (AvgIpc) is 2.68. The molecule has 3 aromatic carbocycles. The maximum atomic E-state index is 11.6. The molecule has 0 saturated carbocycles. The molecule has 0 N–H and O–H groups in total. The van der Waals surface area contributed by atoms with Crippen molar-refractivity contribution in [1.82, 2.24) is 9.97 Å². The van der Waals surface area contributed by atoms with E-state index in [-0.39, 0.29) is 5.97 Å². The molecule has 1 aromatic heterocycles. The van der Waals surface area contributed by atoms with Gasteiger partial charge in [-0.25, -0.2) is 9.97 Å². The number of ether oxygens (including phenoxy) is 1. The van der Waals surface area contributed by atoms with E-state index in [9.17, 15) is 4.79 Å². The van der Waals surface area contributed by atoms with Gasteiger partial charge in [0.15, 0.2) is 5.82 Å². The molecular weight excluding hydrogens is 384 g/mol. The SMILES string of the molecule is CC(=O)Oc1cccc(C)c1-c1nc(-c2ccc(C)cc2)c2cc(Cl)ccc2n1. The molecule has 0 radical (unpaired) electrons. The molecule has 1 heterocycles. The van der Waals surface area contributed by atoms with Crippen LogP contribution in [0.4, 0.5) is 0 Å². The standard InChI is InChI=1S/C24H19ClN2O2/c1-14-7-9-17(10-8-14)23-19-13-18(25)11-12-20(19)26-24(27-23)22-15(2)5-4-6-21(22)29-16(3)28/h4-13H,1-3H3. The lowest BCUT2D eigenvalue weighted by Crippen LogP contribution is -2.05. The highest BCUT2D eigenvalue weighted by atomic mass is 35.5. The van der Waals surface area contributed by atoms with Crippen molar-refractivity contribution in [3.63, 3.8) is 0 Å². The Morgan fingerprint density at radius 3 is 2.45 bits per heavy atom. The van der Waals surface area contributed by atoms with Crippen LogP contribution in [0.25, 0.3) is 33.5 Å². The number of nitrogens with zero attached hydrogens (tertiary/aromatic N) is 2. The van der Waals surface area contributed by atoms with Gasteiger partial charge in [-0.2, -0.15) is 0 Å². The molecule has 0 aliphatic rings. The predicted octanol–water partition coefficient (Wildman–Crippen LogP) is 6.16. The number of rotatable bonds is 3. The van der Waals surface area contributed by atoms with Crippen LogP contribution in [0, 0.1) is 13.8 Å². The Morgan fingerprint density at radius 2 is 1.72 bits per heavy atom. The van der Waals surface area contributed by atoms with Gasteiger partial charge in [0.05, 0.1) is 16.8 Å². The molecule has 0 saturated heterocycles. The fourth-order valence-electron chi connectivity index (χ4n) is 3.31. The summed E-state index contributed by atoms with van der Waals surface area (Å²) in [6.07, 6.45) is 0. The van der Waals surface area contributed by atoms with Gasteiger partial charge in [-0.15, -0.1) is 0 Å². The first-order valence-electron chi connectivity index (χ1n) is 9.25. The molecule has 0 unspecified atom stereocenters. The van der Waals surface area contributed by atoms with Crippen LogP contribution in [-0.4, -0.2) is 15.9 Å². The summed E-state index contributed by atoms with van der Waals surface area (Å²) in [4.78, 5) is 21.2. The second-order valence-corrected chi connectivity index (χ2v) is 7.40. The number of fused-ring (bicyclic) bond motifs is 1. The van der Waals surface area contributed by atoms with Crippen LogP contribution in [0.3, 0.4) is 0 Å². The number of aryl methyl sites for hydroxylation is 2. The van der Waals surface area contributed by atoms with Gasteiger partial charge >= 0.3 is 5.97 Å². The Morgan fingerprint density at radius 1 is 0.966 bits per heavy atom. The number of hydrogen-bond donors (Lipinski definition) is 0. The zero-order valence-corrected chi connectivity index (χ0v) is 17.1. The first kappa shape index (κ1) is 19.1. The van der Waals surface area contributed by atoms with Crippen molar-refractivity contribution >= 4 is 28.5 Å². The van der Waals surface area contributed by atoms with Crippen molar-refractivity contribution in [2.24, 2.45) is 0 Å². The number of carbonyl (C=O) groups is 1. The minimum atomic E-state index is -0.386. The molecule has 0 spiro atoms. The molecular formula is C24H19ClN2O2. The lowest BCUT2D eigenvalue weighted by molar-refractivity contribution is -0.131. The number of halogens is 1. The number of carbonyl (C=O) groups excluding carboxylic acids is 1. The molecule has 0 bridgehead atoms. The fourth-order valence-corrected chi connectivity index (χ4v) is 3.48. The summed E-state index contributed by atoms with van der Waals surface area (Å²) in [5, 5.41) is 1.49. The molecule has 0 fully saturated rings. The molecule has 0 aliphatic carbocycles. The van der Waals surface area contributed by atoms with E-state index in [1.165, 1.54) is 12.5 Å². The molecule has 29 heavy (non-hydrogen) atoms. The highest BCUT2D eigenvalue weighted by Gasteiger charge is 2.17. The summed E-state index contributed by atoms with van der Waals surface area (Å²) < 4.78 is 5.43. The Hall–Kier alpha value is -3.24.